The molecule has 1 heterocycles. The molecule has 0 spiro atoms. The first-order valence-electron chi connectivity index (χ1n) is 11.0. The van der Waals surface area contributed by atoms with E-state index in [0.717, 1.165) is 26.2 Å². The molecule has 6 nitrogen and oxygen atoms in total. The summed E-state index contributed by atoms with van der Waals surface area (Å²) in [6, 6.07) is 24.0. The van der Waals surface area contributed by atoms with Crippen molar-refractivity contribution in [2.24, 2.45) is 5.73 Å². The summed E-state index contributed by atoms with van der Waals surface area (Å²) >= 11 is 6.36. The van der Waals surface area contributed by atoms with Crippen molar-refractivity contribution in [3.05, 3.63) is 95.0 Å². The Morgan fingerprint density at radius 3 is 2.12 bits per heavy atom. The summed E-state index contributed by atoms with van der Waals surface area (Å²) in [5.41, 5.74) is 8.22. The molecular weight excluding hydrogens is 436 g/mol. The van der Waals surface area contributed by atoms with Crippen molar-refractivity contribution < 1.29 is 9.59 Å². The first-order valence-corrected chi connectivity index (χ1v) is 11.4. The predicted octanol–water partition coefficient (Wildman–Crippen LogP) is 3.92. The Bertz CT molecular complexity index is 1110. The minimum atomic E-state index is -0.511. The lowest BCUT2D eigenvalue weighted by Gasteiger charge is -2.40. The van der Waals surface area contributed by atoms with E-state index in [1.54, 1.807) is 30.3 Å². The summed E-state index contributed by atoms with van der Waals surface area (Å²) in [5, 5.41) is 3.72. The lowest BCUT2D eigenvalue weighted by molar-refractivity contribution is 0.0823. The molecule has 0 aliphatic carbocycles. The van der Waals surface area contributed by atoms with Gasteiger partial charge in [0.15, 0.2) is 5.78 Å². The second kappa shape index (κ2) is 10.5. The van der Waals surface area contributed by atoms with Gasteiger partial charge in [0.25, 0.3) is 5.91 Å². The number of ketones is 1. The standard InChI is InChI=1S/C26H27ClN4O2/c27-22-12-6-4-10-20(22)25(32)24(18-29-23-13-7-5-11-21(23)26(28)33)31-16-14-30(15-17-31)19-8-2-1-3-9-19/h1-13,24,29H,14-18H2,(H2,28,33). The zero-order valence-corrected chi connectivity index (χ0v) is 19.0. The number of halogens is 1. The van der Waals surface area contributed by atoms with Crippen molar-refractivity contribution in [3.63, 3.8) is 0 Å². The fraction of sp³-hybridized carbons (Fsp3) is 0.231. The van der Waals surface area contributed by atoms with Gasteiger partial charge in [0.2, 0.25) is 0 Å². The van der Waals surface area contributed by atoms with E-state index in [1.807, 2.05) is 36.4 Å². The molecule has 0 bridgehead atoms. The van der Waals surface area contributed by atoms with Crippen LogP contribution in [0.25, 0.3) is 0 Å². The van der Waals surface area contributed by atoms with Crippen LogP contribution in [0.15, 0.2) is 78.9 Å². The van der Waals surface area contributed by atoms with Crippen LogP contribution in [0.4, 0.5) is 11.4 Å². The Morgan fingerprint density at radius 2 is 1.45 bits per heavy atom. The minimum Gasteiger partial charge on any atom is -0.382 e. The third-order valence-corrected chi connectivity index (χ3v) is 6.33. The Hall–Kier alpha value is -3.35. The molecule has 3 aromatic carbocycles. The highest BCUT2D eigenvalue weighted by Gasteiger charge is 2.31. The van der Waals surface area contributed by atoms with Gasteiger partial charge in [-0.2, -0.15) is 0 Å². The average molecular weight is 463 g/mol. The van der Waals surface area contributed by atoms with Crippen molar-refractivity contribution >= 4 is 34.7 Å². The number of rotatable bonds is 8. The predicted molar refractivity (Wildman–Crippen MR) is 133 cm³/mol. The molecular formula is C26H27ClN4O2. The molecule has 1 amide bonds. The smallest absolute Gasteiger partial charge is 0.250 e. The highest BCUT2D eigenvalue weighted by Crippen LogP contribution is 2.23. The van der Waals surface area contributed by atoms with Crippen molar-refractivity contribution in [1.29, 1.82) is 0 Å². The molecule has 4 rings (SSSR count). The van der Waals surface area contributed by atoms with Gasteiger partial charge >= 0.3 is 0 Å². The van der Waals surface area contributed by atoms with Crippen LogP contribution in [0, 0.1) is 0 Å². The van der Waals surface area contributed by atoms with Gasteiger partial charge in [0, 0.05) is 49.7 Å². The molecule has 7 heteroatoms. The molecule has 3 N–H and O–H groups in total. The van der Waals surface area contributed by atoms with Gasteiger partial charge < -0.3 is 16.0 Å². The summed E-state index contributed by atoms with van der Waals surface area (Å²) in [6.07, 6.45) is 0. The summed E-state index contributed by atoms with van der Waals surface area (Å²) in [6.45, 7) is 3.42. The topological polar surface area (TPSA) is 78.7 Å². The Kier molecular flexibility index (Phi) is 7.27. The Labute approximate surface area is 198 Å². The van der Waals surface area contributed by atoms with E-state index in [-0.39, 0.29) is 5.78 Å². The number of anilines is 2. The third kappa shape index (κ3) is 5.35. The fourth-order valence-corrected chi connectivity index (χ4v) is 4.45. The number of nitrogens with one attached hydrogen (secondary N) is 1. The molecule has 3 aromatic rings. The van der Waals surface area contributed by atoms with E-state index in [4.69, 9.17) is 17.3 Å². The normalized spacial score (nSPS) is 15.1. The van der Waals surface area contributed by atoms with E-state index < -0.39 is 11.9 Å². The lowest BCUT2D eigenvalue weighted by Crippen LogP contribution is -2.55. The van der Waals surface area contributed by atoms with Crippen LogP contribution in [-0.4, -0.2) is 55.4 Å². The lowest BCUT2D eigenvalue weighted by atomic mass is 10.0. The number of Topliss-reactive ketones (excluding diaryl/α,β-unsaturated/α-hetero) is 1. The molecule has 170 valence electrons. The maximum Gasteiger partial charge on any atom is 0.250 e. The van der Waals surface area contributed by atoms with Gasteiger partial charge in [-0.05, 0) is 36.4 Å². The van der Waals surface area contributed by atoms with Crippen molar-refractivity contribution in [2.75, 3.05) is 42.9 Å². The summed E-state index contributed by atoms with van der Waals surface area (Å²) < 4.78 is 0. The van der Waals surface area contributed by atoms with E-state index in [2.05, 4.69) is 27.2 Å². The number of hydrogen-bond donors (Lipinski definition) is 2. The molecule has 1 unspecified atom stereocenters. The first kappa shape index (κ1) is 22.8. The number of nitrogens with zero attached hydrogens (tertiary/aromatic N) is 2. The zero-order valence-electron chi connectivity index (χ0n) is 18.3. The SMILES string of the molecule is NC(=O)c1ccccc1NCC(C(=O)c1ccccc1Cl)N1CCN(c2ccccc2)CC1. The van der Waals surface area contributed by atoms with E-state index in [1.165, 1.54) is 5.69 Å². The van der Waals surface area contributed by atoms with Gasteiger partial charge in [-0.1, -0.05) is 54.1 Å². The maximum atomic E-state index is 13.6. The van der Waals surface area contributed by atoms with Crippen LogP contribution in [0.1, 0.15) is 20.7 Å². The van der Waals surface area contributed by atoms with Crippen LogP contribution in [0.2, 0.25) is 5.02 Å². The number of carbonyl (C=O) groups excluding carboxylic acids is 2. The van der Waals surface area contributed by atoms with Crippen LogP contribution in [0.3, 0.4) is 0 Å². The van der Waals surface area contributed by atoms with Crippen LogP contribution < -0.4 is 16.0 Å². The summed E-state index contributed by atoms with van der Waals surface area (Å²) in [5.74, 6) is -0.554. The molecule has 1 saturated heterocycles. The van der Waals surface area contributed by atoms with Gasteiger partial charge in [-0.3, -0.25) is 14.5 Å². The Morgan fingerprint density at radius 1 is 0.848 bits per heavy atom. The number of carbonyl (C=O) groups is 2. The quantitative estimate of drug-likeness (QED) is 0.496. The van der Waals surface area contributed by atoms with E-state index >= 15 is 0 Å². The largest absolute Gasteiger partial charge is 0.382 e. The number of piperazine rings is 1. The molecule has 0 radical (unpaired) electrons. The number of primary amides is 1. The second-order valence-electron chi connectivity index (χ2n) is 8.01. The number of para-hydroxylation sites is 2. The van der Waals surface area contributed by atoms with Crippen LogP contribution in [-0.2, 0) is 0 Å². The van der Waals surface area contributed by atoms with E-state index in [9.17, 15) is 9.59 Å². The monoisotopic (exact) mass is 462 g/mol. The molecule has 1 fully saturated rings. The van der Waals surface area contributed by atoms with Crippen molar-refractivity contribution in [3.8, 4) is 0 Å². The maximum absolute atomic E-state index is 13.6. The summed E-state index contributed by atoms with van der Waals surface area (Å²) in [4.78, 5) is 29.9. The van der Waals surface area contributed by atoms with Gasteiger partial charge in [0.1, 0.15) is 0 Å². The minimum absolute atomic E-state index is 0.0437. The zero-order chi connectivity index (χ0) is 23.2. The highest BCUT2D eigenvalue weighted by atomic mass is 35.5. The summed E-state index contributed by atoms with van der Waals surface area (Å²) in [7, 11) is 0. The van der Waals surface area contributed by atoms with Gasteiger partial charge in [0.05, 0.1) is 16.6 Å². The van der Waals surface area contributed by atoms with Crippen molar-refractivity contribution in [1.82, 2.24) is 4.90 Å². The van der Waals surface area contributed by atoms with Crippen LogP contribution in [0.5, 0.6) is 0 Å². The van der Waals surface area contributed by atoms with Gasteiger partial charge in [-0.15, -0.1) is 0 Å². The molecule has 1 aliphatic heterocycles. The van der Waals surface area contributed by atoms with Crippen molar-refractivity contribution in [2.45, 2.75) is 6.04 Å². The average Bonchev–Trinajstić information content (AvgIpc) is 2.85. The molecule has 0 aromatic heterocycles. The fourth-order valence-electron chi connectivity index (χ4n) is 4.22. The van der Waals surface area contributed by atoms with Gasteiger partial charge in [-0.25, -0.2) is 0 Å². The van der Waals surface area contributed by atoms with E-state index in [0.29, 0.717) is 28.4 Å². The first-order chi connectivity index (χ1) is 16.0. The number of hydrogen-bond acceptors (Lipinski definition) is 5. The number of amides is 1. The molecule has 0 saturated carbocycles. The highest BCUT2D eigenvalue weighted by molar-refractivity contribution is 6.34. The molecule has 1 atom stereocenters. The molecule has 33 heavy (non-hydrogen) atoms. The second-order valence-corrected chi connectivity index (χ2v) is 8.42. The van der Waals surface area contributed by atoms with Crippen LogP contribution >= 0.6 is 11.6 Å². The molecule has 1 aliphatic rings. The Balaban J connectivity index is 1.54. The third-order valence-electron chi connectivity index (χ3n) is 6.00. The number of benzene rings is 3. The number of nitrogens with two attached hydrogens (primary N) is 1.